The molecule has 3 N–H and O–H groups in total. The van der Waals surface area contributed by atoms with Gasteiger partial charge in [-0.3, -0.25) is 4.79 Å². The fourth-order valence-corrected chi connectivity index (χ4v) is 2.42. The fraction of sp³-hybridized carbons (Fsp3) is 0.0952. The zero-order valence-corrected chi connectivity index (χ0v) is 15.3. The molecule has 3 aromatic carbocycles. The van der Waals surface area contributed by atoms with Gasteiger partial charge in [0, 0.05) is 25.3 Å². The molecule has 0 aliphatic heterocycles. The van der Waals surface area contributed by atoms with E-state index in [1.165, 1.54) is 0 Å². The minimum atomic E-state index is -0.226. The first-order valence-corrected chi connectivity index (χ1v) is 8.48. The van der Waals surface area contributed by atoms with Crippen LogP contribution < -0.4 is 16.0 Å². The van der Waals surface area contributed by atoms with Crippen LogP contribution in [0.25, 0.3) is 0 Å². The Morgan fingerprint density at radius 2 is 1.41 bits per heavy atom. The minimum absolute atomic E-state index is 0.226. The van der Waals surface area contributed by atoms with Crippen LogP contribution >= 0.6 is 0 Å². The van der Waals surface area contributed by atoms with E-state index in [0.29, 0.717) is 22.6 Å². The molecule has 136 valence electrons. The SMILES string of the molecule is CN(C)c1ccc(/N=N\c2ccc(C(=O)Nc3ccccc3N)cc2)cc1. The van der Waals surface area contributed by atoms with Crippen molar-refractivity contribution < 1.29 is 4.79 Å². The molecule has 0 spiro atoms. The summed E-state index contributed by atoms with van der Waals surface area (Å²) >= 11 is 0. The highest BCUT2D eigenvalue weighted by atomic mass is 16.1. The van der Waals surface area contributed by atoms with Crippen LogP contribution in [0.4, 0.5) is 28.4 Å². The van der Waals surface area contributed by atoms with Gasteiger partial charge in [0.25, 0.3) is 5.91 Å². The molecule has 27 heavy (non-hydrogen) atoms. The second kappa shape index (κ2) is 8.14. The maximum Gasteiger partial charge on any atom is 0.255 e. The first kappa shape index (κ1) is 18.1. The lowest BCUT2D eigenvalue weighted by Gasteiger charge is -2.11. The third kappa shape index (κ3) is 4.70. The quantitative estimate of drug-likeness (QED) is 0.496. The van der Waals surface area contributed by atoms with Gasteiger partial charge in [-0.25, -0.2) is 0 Å². The zero-order valence-electron chi connectivity index (χ0n) is 15.3. The first-order chi connectivity index (χ1) is 13.0. The molecule has 0 aliphatic rings. The number of nitrogens with zero attached hydrogens (tertiary/aromatic N) is 3. The summed E-state index contributed by atoms with van der Waals surface area (Å²) < 4.78 is 0. The molecule has 0 unspecified atom stereocenters. The monoisotopic (exact) mass is 359 g/mol. The predicted octanol–water partition coefficient (Wildman–Crippen LogP) is 5.00. The van der Waals surface area contributed by atoms with E-state index >= 15 is 0 Å². The summed E-state index contributed by atoms with van der Waals surface area (Å²) in [6.07, 6.45) is 0. The van der Waals surface area contributed by atoms with E-state index in [4.69, 9.17) is 5.73 Å². The summed E-state index contributed by atoms with van der Waals surface area (Å²) in [6.45, 7) is 0. The Labute approximate surface area is 158 Å². The molecular formula is C21H21N5O. The van der Waals surface area contributed by atoms with Crippen molar-refractivity contribution in [3.63, 3.8) is 0 Å². The number of nitrogens with one attached hydrogen (secondary N) is 1. The Bertz CT molecular complexity index is 947. The van der Waals surface area contributed by atoms with Gasteiger partial charge in [-0.1, -0.05) is 12.1 Å². The summed E-state index contributed by atoms with van der Waals surface area (Å²) in [7, 11) is 3.97. The molecule has 0 saturated heterocycles. The number of anilines is 3. The number of nitrogens with two attached hydrogens (primary N) is 1. The van der Waals surface area contributed by atoms with Crippen LogP contribution in [0.5, 0.6) is 0 Å². The zero-order chi connectivity index (χ0) is 19.2. The van der Waals surface area contributed by atoms with Crippen molar-refractivity contribution in [3.05, 3.63) is 78.4 Å². The molecule has 0 aliphatic carbocycles. The van der Waals surface area contributed by atoms with Gasteiger partial charge in [0.05, 0.1) is 22.7 Å². The standard InChI is InChI=1S/C21H21N5O/c1-26(2)18-13-11-17(12-14-18)25-24-16-9-7-15(8-10-16)21(27)23-20-6-4-3-5-19(20)22/h3-14H,22H2,1-2H3,(H,23,27)/b25-24-. The molecule has 6 heteroatoms. The number of amides is 1. The lowest BCUT2D eigenvalue weighted by Crippen LogP contribution is -2.12. The van der Waals surface area contributed by atoms with Crippen molar-refractivity contribution in [1.29, 1.82) is 0 Å². The third-order valence-corrected chi connectivity index (χ3v) is 3.99. The molecule has 3 aromatic rings. The van der Waals surface area contributed by atoms with E-state index < -0.39 is 0 Å². The summed E-state index contributed by atoms with van der Waals surface area (Å²) in [5, 5.41) is 11.2. The fourth-order valence-electron chi connectivity index (χ4n) is 2.42. The van der Waals surface area contributed by atoms with Crippen molar-refractivity contribution in [3.8, 4) is 0 Å². The van der Waals surface area contributed by atoms with Gasteiger partial charge in [-0.2, -0.15) is 10.2 Å². The molecule has 0 fully saturated rings. The van der Waals surface area contributed by atoms with E-state index in [2.05, 4.69) is 15.5 Å². The third-order valence-electron chi connectivity index (χ3n) is 3.99. The Hall–Kier alpha value is -3.67. The molecule has 3 rings (SSSR count). The molecule has 0 heterocycles. The number of benzene rings is 3. The average Bonchev–Trinajstić information content (AvgIpc) is 2.69. The Balaban J connectivity index is 1.66. The van der Waals surface area contributed by atoms with Gasteiger partial charge < -0.3 is 16.0 Å². The Morgan fingerprint density at radius 1 is 0.852 bits per heavy atom. The largest absolute Gasteiger partial charge is 0.397 e. The van der Waals surface area contributed by atoms with Crippen LogP contribution in [0.1, 0.15) is 10.4 Å². The van der Waals surface area contributed by atoms with Gasteiger partial charge in [-0.15, -0.1) is 0 Å². The normalized spacial score (nSPS) is 10.7. The Kier molecular flexibility index (Phi) is 5.47. The highest BCUT2D eigenvalue weighted by molar-refractivity contribution is 6.05. The van der Waals surface area contributed by atoms with Crippen molar-refractivity contribution in [1.82, 2.24) is 0 Å². The maximum atomic E-state index is 12.3. The lowest BCUT2D eigenvalue weighted by molar-refractivity contribution is 0.102. The summed E-state index contributed by atoms with van der Waals surface area (Å²) in [5.41, 5.74) is 10.0. The predicted molar refractivity (Wildman–Crippen MR) is 110 cm³/mol. The molecule has 1 amide bonds. The molecule has 6 nitrogen and oxygen atoms in total. The van der Waals surface area contributed by atoms with E-state index in [0.717, 1.165) is 11.4 Å². The number of rotatable bonds is 5. The van der Waals surface area contributed by atoms with Crippen molar-refractivity contribution in [2.45, 2.75) is 0 Å². The minimum Gasteiger partial charge on any atom is -0.397 e. The highest BCUT2D eigenvalue weighted by Crippen LogP contribution is 2.22. The Morgan fingerprint density at radius 3 is 1.96 bits per heavy atom. The summed E-state index contributed by atoms with van der Waals surface area (Å²) in [4.78, 5) is 14.3. The molecule has 0 aromatic heterocycles. The second-order valence-corrected chi connectivity index (χ2v) is 6.20. The number of para-hydroxylation sites is 2. The number of hydrogen-bond donors (Lipinski definition) is 2. The molecule has 0 radical (unpaired) electrons. The van der Waals surface area contributed by atoms with Gasteiger partial charge in [0.2, 0.25) is 0 Å². The van der Waals surface area contributed by atoms with Crippen LogP contribution in [0.3, 0.4) is 0 Å². The molecule has 0 saturated carbocycles. The van der Waals surface area contributed by atoms with Gasteiger partial charge in [0.15, 0.2) is 0 Å². The van der Waals surface area contributed by atoms with Crippen molar-refractivity contribution >= 4 is 34.3 Å². The van der Waals surface area contributed by atoms with E-state index in [1.807, 2.05) is 55.4 Å². The number of nitrogen functional groups attached to an aromatic ring is 1. The van der Waals surface area contributed by atoms with Crippen LogP contribution in [-0.2, 0) is 0 Å². The van der Waals surface area contributed by atoms with Crippen LogP contribution in [0, 0.1) is 0 Å². The summed E-state index contributed by atoms with van der Waals surface area (Å²) in [5.74, 6) is -0.226. The van der Waals surface area contributed by atoms with Crippen molar-refractivity contribution in [2.75, 3.05) is 30.0 Å². The van der Waals surface area contributed by atoms with E-state index in [9.17, 15) is 4.79 Å². The second-order valence-electron chi connectivity index (χ2n) is 6.20. The number of carbonyl (C=O) groups is 1. The van der Waals surface area contributed by atoms with Crippen LogP contribution in [0.2, 0.25) is 0 Å². The van der Waals surface area contributed by atoms with E-state index in [-0.39, 0.29) is 5.91 Å². The highest BCUT2D eigenvalue weighted by Gasteiger charge is 2.07. The number of carbonyl (C=O) groups excluding carboxylic acids is 1. The maximum absolute atomic E-state index is 12.3. The van der Waals surface area contributed by atoms with Crippen LogP contribution in [-0.4, -0.2) is 20.0 Å². The molecule has 0 bridgehead atoms. The van der Waals surface area contributed by atoms with Gasteiger partial charge in [-0.05, 0) is 60.7 Å². The first-order valence-electron chi connectivity index (χ1n) is 8.48. The van der Waals surface area contributed by atoms with Gasteiger partial charge >= 0.3 is 0 Å². The van der Waals surface area contributed by atoms with Gasteiger partial charge in [0.1, 0.15) is 0 Å². The number of azo groups is 1. The summed E-state index contributed by atoms with van der Waals surface area (Å²) in [6, 6.07) is 21.8. The number of hydrogen-bond acceptors (Lipinski definition) is 5. The topological polar surface area (TPSA) is 83.1 Å². The average molecular weight is 359 g/mol. The van der Waals surface area contributed by atoms with E-state index in [1.54, 1.807) is 36.4 Å². The van der Waals surface area contributed by atoms with Crippen molar-refractivity contribution in [2.24, 2.45) is 10.2 Å². The lowest BCUT2D eigenvalue weighted by atomic mass is 10.2. The van der Waals surface area contributed by atoms with Crippen LogP contribution in [0.15, 0.2) is 83.0 Å². The smallest absolute Gasteiger partial charge is 0.255 e. The molecule has 0 atom stereocenters. The molecular weight excluding hydrogens is 338 g/mol.